The molecule has 0 bridgehead atoms. The third kappa shape index (κ3) is 7.78. The Morgan fingerprint density at radius 3 is 2.16 bits per heavy atom. The minimum Gasteiger partial charge on any atom is -0.412 e. The molecule has 2 aromatic carbocycles. The van der Waals surface area contributed by atoms with E-state index in [1.807, 2.05) is 45.7 Å². The molecule has 32 heavy (non-hydrogen) atoms. The second-order valence-corrected chi connectivity index (χ2v) is 8.34. The van der Waals surface area contributed by atoms with E-state index in [1.165, 1.54) is 12.1 Å². The fourth-order valence-electron chi connectivity index (χ4n) is 3.36. The van der Waals surface area contributed by atoms with E-state index in [4.69, 9.17) is 0 Å². The summed E-state index contributed by atoms with van der Waals surface area (Å²) in [6, 6.07) is 13.3. The smallest absolute Gasteiger partial charge is 0.412 e. The van der Waals surface area contributed by atoms with Gasteiger partial charge in [0.25, 0.3) is 0 Å². The molecule has 1 aliphatic rings. The van der Waals surface area contributed by atoms with Gasteiger partial charge in [-0.25, -0.2) is 0 Å². The topological polar surface area (TPSA) is 121 Å². The Bertz CT molecular complexity index is 845. The van der Waals surface area contributed by atoms with Crippen LogP contribution in [0.1, 0.15) is 12.0 Å². The molecule has 0 unspecified atom stereocenters. The molecule has 1 saturated heterocycles. The Balaban J connectivity index is 0.00000320. The van der Waals surface area contributed by atoms with Crippen LogP contribution in [0.5, 0.6) is 0 Å². The number of hydrogen-bond donors (Lipinski definition) is 0. The maximum Gasteiger partial charge on any atom is -0.412 e. The molecule has 0 atom stereocenters. The molecule has 1 fully saturated rings. The molecule has 0 aromatic heterocycles. The van der Waals surface area contributed by atoms with Crippen molar-refractivity contribution in [3.05, 3.63) is 54.1 Å². The van der Waals surface area contributed by atoms with Crippen molar-refractivity contribution in [2.24, 2.45) is 0 Å². The zero-order valence-electron chi connectivity index (χ0n) is 17.7. The number of anilines is 2. The van der Waals surface area contributed by atoms with Gasteiger partial charge < -0.3 is 16.4 Å². The molecule has 1 aliphatic heterocycles. The van der Waals surface area contributed by atoms with Crippen LogP contribution in [0.3, 0.4) is 0 Å². The minimum absolute atomic E-state index is 0. The Morgan fingerprint density at radius 1 is 1.00 bits per heavy atom. The first kappa shape index (κ1) is 29.9. The monoisotopic (exact) mass is 518 g/mol. The summed E-state index contributed by atoms with van der Waals surface area (Å²) in [7, 11) is 1.78. The number of piperazine rings is 1. The van der Waals surface area contributed by atoms with E-state index in [1.54, 1.807) is 18.0 Å². The summed E-state index contributed by atoms with van der Waals surface area (Å²) in [6.45, 7) is 3.37. The summed E-state index contributed by atoms with van der Waals surface area (Å²) in [5.74, 6) is 0.0501. The zero-order valence-corrected chi connectivity index (χ0v) is 19.8. The molecular formula is C21H29F3GeN3O4. The Hall–Kier alpha value is -2.12. The molecule has 6 N–H and O–H groups in total. The van der Waals surface area contributed by atoms with Gasteiger partial charge in [0, 0.05) is 5.69 Å². The van der Waals surface area contributed by atoms with Crippen LogP contribution >= 0.6 is 0 Å². The van der Waals surface area contributed by atoms with Crippen LogP contribution < -0.4 is 14.2 Å². The predicted octanol–water partition coefficient (Wildman–Crippen LogP) is 0.200. The van der Waals surface area contributed by atoms with Crippen LogP contribution in [-0.2, 0) is 11.0 Å². The van der Waals surface area contributed by atoms with E-state index in [0.29, 0.717) is 31.7 Å². The van der Waals surface area contributed by atoms with Crippen molar-refractivity contribution in [3.63, 3.8) is 0 Å². The van der Waals surface area contributed by atoms with Crippen molar-refractivity contribution in [1.82, 2.24) is 4.90 Å². The van der Waals surface area contributed by atoms with Crippen LogP contribution in [0.4, 0.5) is 24.5 Å². The molecule has 3 rings (SSSR count). The molecule has 0 spiro atoms. The second-order valence-electron chi connectivity index (χ2n) is 7.13. The summed E-state index contributed by atoms with van der Waals surface area (Å²) in [5, 5.41) is 0. The van der Waals surface area contributed by atoms with E-state index in [2.05, 4.69) is 4.90 Å². The Labute approximate surface area is 193 Å². The largest absolute Gasteiger partial charge is 0.412 e. The maximum absolute atomic E-state index is 12.9. The number of carbonyl (C=O) groups excluding carboxylic acids is 1. The fourth-order valence-corrected chi connectivity index (χ4v) is 3.71. The van der Waals surface area contributed by atoms with E-state index < -0.39 is 11.7 Å². The van der Waals surface area contributed by atoms with Crippen molar-refractivity contribution < 1.29 is 34.4 Å². The number of alkyl halides is 3. The number of halogens is 3. The van der Waals surface area contributed by atoms with Crippen LogP contribution in [-0.4, -0.2) is 83.5 Å². The molecular weight excluding hydrogens is 488 g/mol. The Morgan fingerprint density at radius 2 is 1.59 bits per heavy atom. The standard InChI is InChI=1S/C21H23F3GeN3O.3H2O/c1-26(18-7-5-17(25)6-8-18)20(29)9-10-27-11-13-28(14-12-27)19-4-2-3-16(15-19)21(22,23)24;;;/h2-8,15H,9-14H2,1H3;3*1H2. The van der Waals surface area contributed by atoms with Crippen molar-refractivity contribution in [2.45, 2.75) is 12.6 Å². The molecule has 3 radical (unpaired) electrons. The maximum atomic E-state index is 12.9. The van der Waals surface area contributed by atoms with E-state index in [0.717, 1.165) is 29.2 Å². The molecule has 177 valence electrons. The van der Waals surface area contributed by atoms with Crippen LogP contribution in [0.15, 0.2) is 48.5 Å². The van der Waals surface area contributed by atoms with Gasteiger partial charge in [-0.3, -0.25) is 0 Å². The number of amides is 1. The number of benzene rings is 2. The van der Waals surface area contributed by atoms with E-state index in [9.17, 15) is 18.0 Å². The third-order valence-corrected chi connectivity index (χ3v) is 5.88. The molecule has 11 heteroatoms. The molecule has 1 amide bonds. The van der Waals surface area contributed by atoms with Crippen molar-refractivity contribution in [3.8, 4) is 0 Å². The molecule has 0 saturated carbocycles. The van der Waals surface area contributed by atoms with Gasteiger partial charge in [-0.2, -0.15) is 13.2 Å². The first-order valence-corrected chi connectivity index (χ1v) is 10.5. The number of rotatable bonds is 5. The van der Waals surface area contributed by atoms with Gasteiger partial charge >= 0.3 is 129 Å². The second kappa shape index (κ2) is 12.8. The normalized spacial score (nSPS) is 14.0. The minimum atomic E-state index is -4.33. The summed E-state index contributed by atoms with van der Waals surface area (Å²) >= 11 is 2.00. The number of hydrogen-bond acceptors (Lipinski definition) is 3. The van der Waals surface area contributed by atoms with Crippen molar-refractivity contribution >= 4 is 38.2 Å². The van der Waals surface area contributed by atoms with Gasteiger partial charge in [0.1, 0.15) is 0 Å². The predicted molar refractivity (Wildman–Crippen MR) is 121 cm³/mol. The molecule has 2 aromatic rings. The quantitative estimate of drug-likeness (QED) is 0.527. The van der Waals surface area contributed by atoms with Gasteiger partial charge in [-0.1, -0.05) is 6.07 Å². The SMILES string of the molecule is CN(C(=O)CCN1CCN(c2cccc(C(F)(F)F)c2)CC1)c1cc[c]([Ge])cc1.O.O.O. The summed E-state index contributed by atoms with van der Waals surface area (Å²) < 4.78 is 39.9. The first-order chi connectivity index (χ1) is 13.7. The van der Waals surface area contributed by atoms with Crippen molar-refractivity contribution in [1.29, 1.82) is 0 Å². The van der Waals surface area contributed by atoms with Gasteiger partial charge in [0.15, 0.2) is 0 Å². The van der Waals surface area contributed by atoms with Gasteiger partial charge in [0.05, 0.1) is 5.56 Å². The van der Waals surface area contributed by atoms with Crippen LogP contribution in [0, 0.1) is 0 Å². The molecule has 0 aliphatic carbocycles. The third-order valence-electron chi connectivity index (χ3n) is 5.18. The molecule has 7 nitrogen and oxygen atoms in total. The van der Waals surface area contributed by atoms with E-state index >= 15 is 0 Å². The average Bonchev–Trinajstić information content (AvgIpc) is 2.72. The fraction of sp³-hybridized carbons (Fsp3) is 0.381. The number of nitrogens with zero attached hydrogens (tertiary/aromatic N) is 3. The first-order valence-electron chi connectivity index (χ1n) is 9.47. The van der Waals surface area contributed by atoms with Gasteiger partial charge in [0.2, 0.25) is 0 Å². The van der Waals surface area contributed by atoms with Gasteiger partial charge in [-0.05, 0) is 18.2 Å². The molecule has 1 heterocycles. The summed E-state index contributed by atoms with van der Waals surface area (Å²) in [4.78, 5) is 18.3. The summed E-state index contributed by atoms with van der Waals surface area (Å²) in [5.41, 5.74) is 0.840. The van der Waals surface area contributed by atoms with Crippen LogP contribution in [0.2, 0.25) is 0 Å². The van der Waals surface area contributed by atoms with Crippen LogP contribution in [0.25, 0.3) is 0 Å². The van der Waals surface area contributed by atoms with Crippen molar-refractivity contribution in [2.75, 3.05) is 49.6 Å². The van der Waals surface area contributed by atoms with Gasteiger partial charge in [-0.15, -0.1) is 0 Å². The summed E-state index contributed by atoms with van der Waals surface area (Å²) in [6.07, 6.45) is -3.92. The Kier molecular flexibility index (Phi) is 12.0. The average molecular weight is 517 g/mol. The zero-order chi connectivity index (χ0) is 21.0. The van der Waals surface area contributed by atoms with E-state index in [-0.39, 0.29) is 22.3 Å². The number of carbonyl (C=O) groups is 1.